The van der Waals surface area contributed by atoms with Crippen molar-refractivity contribution in [2.75, 3.05) is 0 Å². The minimum absolute atomic E-state index is 0.449. The number of halogens is 4. The van der Waals surface area contributed by atoms with Gasteiger partial charge in [0.05, 0.1) is 11.6 Å². The maximum Gasteiger partial charge on any atom is 0.416 e. The van der Waals surface area contributed by atoms with Crippen molar-refractivity contribution < 1.29 is 13.2 Å². The van der Waals surface area contributed by atoms with Gasteiger partial charge in [0.15, 0.2) is 0 Å². The van der Waals surface area contributed by atoms with Crippen LogP contribution in [0.5, 0.6) is 0 Å². The van der Waals surface area contributed by atoms with E-state index in [4.69, 9.17) is 5.73 Å². The molecule has 2 rings (SSSR count). The molecule has 0 saturated heterocycles. The summed E-state index contributed by atoms with van der Waals surface area (Å²) >= 11 is 3.37. The highest BCUT2D eigenvalue weighted by atomic mass is 79.9. The number of alkyl halides is 3. The van der Waals surface area contributed by atoms with Crippen molar-refractivity contribution in [3.8, 4) is 0 Å². The van der Waals surface area contributed by atoms with Crippen LogP contribution in [0.2, 0.25) is 0 Å². The molecule has 0 aliphatic heterocycles. The Labute approximate surface area is 123 Å². The Kier molecular flexibility index (Phi) is 4.20. The minimum atomic E-state index is -4.33. The summed E-state index contributed by atoms with van der Waals surface area (Å²) in [6, 6.07) is 10.2. The molecule has 1 unspecified atom stereocenters. The van der Waals surface area contributed by atoms with Crippen LogP contribution < -0.4 is 5.73 Å². The topological polar surface area (TPSA) is 26.0 Å². The largest absolute Gasteiger partial charge is 0.416 e. The Morgan fingerprint density at radius 2 is 1.65 bits per heavy atom. The van der Waals surface area contributed by atoms with E-state index in [1.54, 1.807) is 0 Å². The van der Waals surface area contributed by atoms with E-state index in [9.17, 15) is 13.2 Å². The molecule has 0 amide bonds. The molecule has 2 aromatic carbocycles. The molecule has 0 fully saturated rings. The summed E-state index contributed by atoms with van der Waals surface area (Å²) in [5.74, 6) is 0. The average Bonchev–Trinajstić information content (AvgIpc) is 2.40. The van der Waals surface area contributed by atoms with Gasteiger partial charge in [0, 0.05) is 4.47 Å². The third-order valence-electron chi connectivity index (χ3n) is 3.17. The zero-order chi connectivity index (χ0) is 14.9. The van der Waals surface area contributed by atoms with E-state index < -0.39 is 17.8 Å². The summed E-state index contributed by atoms with van der Waals surface area (Å²) in [6.45, 7) is 1.92. The van der Waals surface area contributed by atoms with Gasteiger partial charge in [-0.15, -0.1) is 0 Å². The lowest BCUT2D eigenvalue weighted by Crippen LogP contribution is -2.14. The van der Waals surface area contributed by atoms with Crippen LogP contribution in [0.25, 0.3) is 0 Å². The molecular formula is C15H13BrF3N. The number of hydrogen-bond donors (Lipinski definition) is 1. The number of rotatable bonds is 2. The summed E-state index contributed by atoms with van der Waals surface area (Å²) in [7, 11) is 0. The predicted molar refractivity (Wildman–Crippen MR) is 76.4 cm³/mol. The summed E-state index contributed by atoms with van der Waals surface area (Å²) in [5, 5.41) is 0. The Morgan fingerprint density at radius 1 is 1.05 bits per heavy atom. The Bertz CT molecular complexity index is 606. The standard InChI is InChI=1S/C15H13BrF3N/c1-9-2-7-12(16)8-13(9)14(20)10-3-5-11(6-4-10)15(17,18)19/h2-8,14H,20H2,1H3. The van der Waals surface area contributed by atoms with E-state index in [-0.39, 0.29) is 0 Å². The van der Waals surface area contributed by atoms with Crippen molar-refractivity contribution in [1.29, 1.82) is 0 Å². The molecule has 20 heavy (non-hydrogen) atoms. The molecular weight excluding hydrogens is 331 g/mol. The molecule has 1 nitrogen and oxygen atoms in total. The van der Waals surface area contributed by atoms with Gasteiger partial charge >= 0.3 is 6.18 Å². The number of benzene rings is 2. The van der Waals surface area contributed by atoms with Crippen LogP contribution >= 0.6 is 15.9 Å². The van der Waals surface area contributed by atoms with E-state index in [1.165, 1.54) is 12.1 Å². The maximum atomic E-state index is 12.5. The van der Waals surface area contributed by atoms with Gasteiger partial charge in [0.1, 0.15) is 0 Å². The molecule has 0 saturated carbocycles. The normalized spacial score (nSPS) is 13.3. The van der Waals surface area contributed by atoms with Crippen LogP contribution in [0.1, 0.15) is 28.3 Å². The van der Waals surface area contributed by atoms with Crippen LogP contribution in [0.3, 0.4) is 0 Å². The van der Waals surface area contributed by atoms with E-state index in [2.05, 4.69) is 15.9 Å². The molecule has 0 heterocycles. The first-order valence-electron chi connectivity index (χ1n) is 5.98. The smallest absolute Gasteiger partial charge is 0.320 e. The van der Waals surface area contributed by atoms with Crippen molar-refractivity contribution in [3.05, 3.63) is 69.2 Å². The second-order valence-electron chi connectivity index (χ2n) is 4.60. The van der Waals surface area contributed by atoms with Crippen molar-refractivity contribution >= 4 is 15.9 Å². The van der Waals surface area contributed by atoms with Crippen LogP contribution in [0.4, 0.5) is 13.2 Å². The first-order valence-corrected chi connectivity index (χ1v) is 6.77. The number of aryl methyl sites for hydroxylation is 1. The highest BCUT2D eigenvalue weighted by molar-refractivity contribution is 9.10. The van der Waals surface area contributed by atoms with Crippen molar-refractivity contribution in [1.82, 2.24) is 0 Å². The molecule has 1 atom stereocenters. The molecule has 0 bridgehead atoms. The van der Waals surface area contributed by atoms with E-state index in [0.29, 0.717) is 5.56 Å². The lowest BCUT2D eigenvalue weighted by Gasteiger charge is -2.16. The van der Waals surface area contributed by atoms with Crippen molar-refractivity contribution in [3.63, 3.8) is 0 Å². The fraction of sp³-hybridized carbons (Fsp3) is 0.200. The lowest BCUT2D eigenvalue weighted by molar-refractivity contribution is -0.137. The third kappa shape index (κ3) is 3.22. The minimum Gasteiger partial charge on any atom is -0.320 e. The zero-order valence-electron chi connectivity index (χ0n) is 10.7. The van der Waals surface area contributed by atoms with Gasteiger partial charge in [-0.25, -0.2) is 0 Å². The van der Waals surface area contributed by atoms with E-state index in [1.807, 2.05) is 25.1 Å². The van der Waals surface area contributed by atoms with Crippen molar-refractivity contribution in [2.24, 2.45) is 5.73 Å². The van der Waals surface area contributed by atoms with Crippen LogP contribution in [-0.2, 0) is 6.18 Å². The highest BCUT2D eigenvalue weighted by Gasteiger charge is 2.30. The van der Waals surface area contributed by atoms with Gasteiger partial charge in [0.25, 0.3) is 0 Å². The van der Waals surface area contributed by atoms with E-state index >= 15 is 0 Å². The average molecular weight is 344 g/mol. The summed E-state index contributed by atoms with van der Waals surface area (Å²) in [6.07, 6.45) is -4.33. The van der Waals surface area contributed by atoms with Gasteiger partial charge in [0.2, 0.25) is 0 Å². The Balaban J connectivity index is 2.34. The number of hydrogen-bond acceptors (Lipinski definition) is 1. The maximum absolute atomic E-state index is 12.5. The first kappa shape index (κ1) is 15.1. The second-order valence-corrected chi connectivity index (χ2v) is 5.51. The van der Waals surface area contributed by atoms with Crippen LogP contribution in [-0.4, -0.2) is 0 Å². The van der Waals surface area contributed by atoms with Gasteiger partial charge in [-0.05, 0) is 47.9 Å². The van der Waals surface area contributed by atoms with E-state index in [0.717, 1.165) is 27.7 Å². The van der Waals surface area contributed by atoms with Gasteiger partial charge in [-0.3, -0.25) is 0 Å². The monoisotopic (exact) mass is 343 g/mol. The number of nitrogens with two attached hydrogens (primary N) is 1. The second kappa shape index (κ2) is 5.58. The quantitative estimate of drug-likeness (QED) is 0.830. The fourth-order valence-electron chi connectivity index (χ4n) is 2.01. The summed E-state index contributed by atoms with van der Waals surface area (Å²) in [4.78, 5) is 0. The fourth-order valence-corrected chi connectivity index (χ4v) is 2.38. The molecule has 5 heteroatoms. The van der Waals surface area contributed by atoms with Gasteiger partial charge in [-0.1, -0.05) is 34.1 Å². The first-order chi connectivity index (χ1) is 9.29. The van der Waals surface area contributed by atoms with Crippen molar-refractivity contribution in [2.45, 2.75) is 19.1 Å². The molecule has 0 aliphatic rings. The molecule has 0 spiro atoms. The van der Waals surface area contributed by atoms with Gasteiger partial charge < -0.3 is 5.73 Å². The molecule has 0 aliphatic carbocycles. The van der Waals surface area contributed by atoms with Gasteiger partial charge in [-0.2, -0.15) is 13.2 Å². The van der Waals surface area contributed by atoms with Crippen LogP contribution in [0, 0.1) is 6.92 Å². The predicted octanol–water partition coefficient (Wildman–Crippen LogP) is 4.82. The molecule has 2 N–H and O–H groups in total. The lowest BCUT2D eigenvalue weighted by atomic mass is 9.95. The molecule has 0 aromatic heterocycles. The third-order valence-corrected chi connectivity index (χ3v) is 3.67. The highest BCUT2D eigenvalue weighted by Crippen LogP contribution is 2.31. The SMILES string of the molecule is Cc1ccc(Br)cc1C(N)c1ccc(C(F)(F)F)cc1. The zero-order valence-corrected chi connectivity index (χ0v) is 12.3. The summed E-state index contributed by atoms with van der Waals surface area (Å²) < 4.78 is 38.5. The van der Waals surface area contributed by atoms with Crippen LogP contribution in [0.15, 0.2) is 46.9 Å². The molecule has 106 valence electrons. The Morgan fingerprint density at radius 3 is 2.20 bits per heavy atom. The molecule has 0 radical (unpaired) electrons. The summed E-state index contributed by atoms with van der Waals surface area (Å²) in [5.41, 5.74) is 8.02. The Hall–Kier alpha value is -1.33. The molecule has 2 aromatic rings.